The van der Waals surface area contributed by atoms with Gasteiger partial charge in [-0.3, -0.25) is 14.4 Å². The summed E-state index contributed by atoms with van der Waals surface area (Å²) in [5, 5.41) is 2.61. The highest BCUT2D eigenvalue weighted by Gasteiger charge is 2.36. The zero-order chi connectivity index (χ0) is 21.3. The number of Topliss-reactive ketones (excluding diaryl/α,β-unsaturated/α-hetero) is 2. The van der Waals surface area contributed by atoms with Crippen LogP contribution in [0, 0.1) is 0 Å². The summed E-state index contributed by atoms with van der Waals surface area (Å²) in [7, 11) is 1.63. The number of methoxy groups -OCH3 is 1. The van der Waals surface area contributed by atoms with E-state index in [-0.39, 0.29) is 28.9 Å². The fourth-order valence-corrected chi connectivity index (χ4v) is 3.94. The molecular formula is C23H23N3O4. The molecule has 1 aliphatic heterocycles. The largest absolute Gasteiger partial charge is 0.497 e. The van der Waals surface area contributed by atoms with E-state index in [4.69, 9.17) is 4.74 Å². The van der Waals surface area contributed by atoms with Crippen LogP contribution in [0.25, 0.3) is 0 Å². The zero-order valence-electron chi connectivity index (χ0n) is 17.0. The number of rotatable bonds is 4. The lowest BCUT2D eigenvalue weighted by molar-refractivity contribution is -0.118. The molecule has 0 bridgehead atoms. The highest BCUT2D eigenvalue weighted by atomic mass is 16.5. The summed E-state index contributed by atoms with van der Waals surface area (Å²) in [4.78, 5) is 42.1. The van der Waals surface area contributed by atoms with Crippen LogP contribution in [-0.4, -0.2) is 55.7 Å². The number of ether oxygens (including phenoxy) is 1. The number of ketones is 2. The summed E-state index contributed by atoms with van der Waals surface area (Å²) >= 11 is 0. The zero-order valence-corrected chi connectivity index (χ0v) is 17.0. The van der Waals surface area contributed by atoms with E-state index in [1.54, 1.807) is 31.4 Å². The average molecular weight is 405 g/mol. The van der Waals surface area contributed by atoms with Gasteiger partial charge in [0.2, 0.25) is 17.5 Å². The van der Waals surface area contributed by atoms with Gasteiger partial charge in [-0.2, -0.15) is 0 Å². The average Bonchev–Trinajstić information content (AvgIpc) is 2.77. The third-order valence-electron chi connectivity index (χ3n) is 5.43. The molecule has 0 saturated carbocycles. The van der Waals surface area contributed by atoms with E-state index in [0.29, 0.717) is 37.3 Å². The van der Waals surface area contributed by atoms with Gasteiger partial charge in [-0.1, -0.05) is 24.3 Å². The molecule has 4 rings (SSSR count). The molecule has 1 saturated heterocycles. The molecule has 0 radical (unpaired) electrons. The van der Waals surface area contributed by atoms with Gasteiger partial charge in [-0.25, -0.2) is 0 Å². The maximum Gasteiger partial charge on any atom is 0.221 e. The molecular weight excluding hydrogens is 382 g/mol. The minimum Gasteiger partial charge on any atom is -0.497 e. The van der Waals surface area contributed by atoms with Gasteiger partial charge in [0, 0.05) is 49.9 Å². The molecule has 154 valence electrons. The summed E-state index contributed by atoms with van der Waals surface area (Å²) in [6.45, 7) is 3.83. The van der Waals surface area contributed by atoms with Gasteiger partial charge < -0.3 is 19.9 Å². The first-order valence-electron chi connectivity index (χ1n) is 9.84. The number of carbonyl (C=O) groups is 3. The van der Waals surface area contributed by atoms with Crippen LogP contribution in [0.3, 0.4) is 0 Å². The lowest BCUT2D eigenvalue weighted by Crippen LogP contribution is -2.49. The summed E-state index contributed by atoms with van der Waals surface area (Å²) in [6.07, 6.45) is 0. The van der Waals surface area contributed by atoms with Crippen molar-refractivity contribution < 1.29 is 19.1 Å². The lowest BCUT2D eigenvalue weighted by atomic mass is 9.89. The molecule has 2 aliphatic rings. The Bertz CT molecular complexity index is 1030. The van der Waals surface area contributed by atoms with Gasteiger partial charge in [0.25, 0.3) is 0 Å². The maximum absolute atomic E-state index is 13.2. The molecule has 7 nitrogen and oxygen atoms in total. The summed E-state index contributed by atoms with van der Waals surface area (Å²) in [5.74, 6) is -0.132. The van der Waals surface area contributed by atoms with Crippen LogP contribution in [-0.2, 0) is 4.79 Å². The predicted octanol–water partition coefficient (Wildman–Crippen LogP) is 2.24. The van der Waals surface area contributed by atoms with E-state index < -0.39 is 0 Å². The number of hydrogen-bond acceptors (Lipinski definition) is 6. The van der Waals surface area contributed by atoms with Gasteiger partial charge in [0.05, 0.1) is 7.11 Å². The molecule has 0 aromatic heterocycles. The van der Waals surface area contributed by atoms with Crippen molar-refractivity contribution in [1.82, 2.24) is 10.2 Å². The number of carbonyl (C=O) groups excluding carboxylic acids is 3. The molecule has 1 aliphatic carbocycles. The molecule has 1 N–H and O–H groups in total. The number of nitrogens with one attached hydrogen (secondary N) is 1. The Morgan fingerprint density at radius 1 is 0.867 bits per heavy atom. The maximum atomic E-state index is 13.2. The first-order chi connectivity index (χ1) is 14.5. The molecule has 1 amide bonds. The Kier molecular flexibility index (Phi) is 5.27. The van der Waals surface area contributed by atoms with E-state index in [9.17, 15) is 14.4 Å². The van der Waals surface area contributed by atoms with E-state index in [0.717, 1.165) is 11.4 Å². The molecule has 2 aromatic rings. The van der Waals surface area contributed by atoms with Crippen molar-refractivity contribution in [1.29, 1.82) is 0 Å². The first-order valence-corrected chi connectivity index (χ1v) is 9.84. The number of hydrogen-bond donors (Lipinski definition) is 1. The van der Waals surface area contributed by atoms with Gasteiger partial charge >= 0.3 is 0 Å². The lowest BCUT2D eigenvalue weighted by Gasteiger charge is -2.39. The van der Waals surface area contributed by atoms with Crippen molar-refractivity contribution in [3.8, 4) is 5.75 Å². The molecule has 30 heavy (non-hydrogen) atoms. The molecule has 1 heterocycles. The highest BCUT2D eigenvalue weighted by molar-refractivity contribution is 6.27. The van der Waals surface area contributed by atoms with Gasteiger partial charge in [0.1, 0.15) is 17.1 Å². The van der Waals surface area contributed by atoms with Crippen LogP contribution in [0.15, 0.2) is 59.9 Å². The standard InChI is InChI=1S/C23H23N3O4/c1-15(27)24-20-21(23(29)19-6-4-3-5-18(19)22(20)28)26-13-11-25(12-14-26)16-7-9-17(30-2)10-8-16/h3-10H,11-14H2,1-2H3,(H,24,27). The van der Waals surface area contributed by atoms with E-state index >= 15 is 0 Å². The number of benzene rings is 2. The summed E-state index contributed by atoms with van der Waals surface area (Å²) in [6, 6.07) is 14.6. The topological polar surface area (TPSA) is 79.0 Å². The molecule has 0 unspecified atom stereocenters. The third kappa shape index (κ3) is 3.54. The minimum atomic E-state index is -0.375. The van der Waals surface area contributed by atoms with Crippen LogP contribution < -0.4 is 15.0 Å². The molecule has 0 atom stereocenters. The van der Waals surface area contributed by atoms with E-state index in [2.05, 4.69) is 10.2 Å². The van der Waals surface area contributed by atoms with Crippen LogP contribution >= 0.6 is 0 Å². The Morgan fingerprint density at radius 2 is 1.43 bits per heavy atom. The first kappa shape index (κ1) is 19.7. The molecule has 7 heteroatoms. The second-order valence-electron chi connectivity index (χ2n) is 7.28. The number of nitrogens with zero attached hydrogens (tertiary/aromatic N) is 2. The summed E-state index contributed by atoms with van der Waals surface area (Å²) < 4.78 is 5.21. The number of fused-ring (bicyclic) bond motifs is 1. The van der Waals surface area contributed by atoms with Gasteiger partial charge in [0.15, 0.2) is 0 Å². The molecule has 1 fully saturated rings. The van der Waals surface area contributed by atoms with Crippen LogP contribution in [0.2, 0.25) is 0 Å². The predicted molar refractivity (Wildman–Crippen MR) is 113 cm³/mol. The van der Waals surface area contributed by atoms with Crippen LogP contribution in [0.1, 0.15) is 27.6 Å². The number of amides is 1. The smallest absolute Gasteiger partial charge is 0.221 e. The van der Waals surface area contributed by atoms with E-state index in [1.165, 1.54) is 6.92 Å². The van der Waals surface area contributed by atoms with Crippen molar-refractivity contribution >= 4 is 23.2 Å². The number of anilines is 1. The number of piperazine rings is 1. The van der Waals surface area contributed by atoms with Crippen molar-refractivity contribution in [2.24, 2.45) is 0 Å². The second-order valence-corrected chi connectivity index (χ2v) is 7.28. The molecule has 2 aromatic carbocycles. The molecule has 0 spiro atoms. The van der Waals surface area contributed by atoms with Crippen molar-refractivity contribution in [3.63, 3.8) is 0 Å². The van der Waals surface area contributed by atoms with Crippen LogP contribution in [0.4, 0.5) is 5.69 Å². The highest BCUT2D eigenvalue weighted by Crippen LogP contribution is 2.29. The number of allylic oxidation sites excluding steroid dienone is 2. The minimum absolute atomic E-state index is 0.0732. The Hall–Kier alpha value is -3.61. The normalized spacial score (nSPS) is 16.5. The van der Waals surface area contributed by atoms with Crippen molar-refractivity contribution in [2.75, 3.05) is 38.2 Å². The Labute approximate surface area is 174 Å². The Balaban J connectivity index is 1.60. The fourth-order valence-electron chi connectivity index (χ4n) is 3.94. The van der Waals surface area contributed by atoms with Gasteiger partial charge in [-0.05, 0) is 24.3 Å². The van der Waals surface area contributed by atoms with Crippen LogP contribution in [0.5, 0.6) is 5.75 Å². The van der Waals surface area contributed by atoms with E-state index in [1.807, 2.05) is 29.2 Å². The van der Waals surface area contributed by atoms with Gasteiger partial charge in [-0.15, -0.1) is 0 Å². The third-order valence-corrected chi connectivity index (χ3v) is 5.43. The van der Waals surface area contributed by atoms with Crippen molar-refractivity contribution in [3.05, 3.63) is 71.1 Å². The monoisotopic (exact) mass is 405 g/mol. The SMILES string of the molecule is COc1ccc(N2CCN(C3=C(NC(C)=O)C(=O)c4ccccc4C3=O)CC2)cc1. The fraction of sp³-hybridized carbons (Fsp3) is 0.261. The second kappa shape index (κ2) is 8.02. The quantitative estimate of drug-likeness (QED) is 0.841. The Morgan fingerprint density at radius 3 is 2.00 bits per heavy atom. The summed E-state index contributed by atoms with van der Waals surface area (Å²) in [5.41, 5.74) is 2.13. The van der Waals surface area contributed by atoms with Crippen molar-refractivity contribution in [2.45, 2.75) is 6.92 Å².